The Morgan fingerprint density at radius 3 is 2.61 bits per heavy atom. The fourth-order valence-corrected chi connectivity index (χ4v) is 1.81. The first-order valence-corrected chi connectivity index (χ1v) is 5.42. The van der Waals surface area contributed by atoms with E-state index in [1.54, 1.807) is 18.2 Å². The van der Waals surface area contributed by atoms with E-state index in [1.807, 2.05) is 19.1 Å². The third-order valence-electron chi connectivity index (χ3n) is 2.70. The molecule has 0 heterocycles. The van der Waals surface area contributed by atoms with Gasteiger partial charge in [-0.25, -0.2) is 0 Å². The first-order chi connectivity index (χ1) is 8.61. The lowest BCUT2D eigenvalue weighted by Gasteiger charge is -2.06. The van der Waals surface area contributed by atoms with Crippen molar-refractivity contribution in [2.24, 2.45) is 0 Å². The largest absolute Gasteiger partial charge is 0.298 e. The number of hydrogen-bond donors (Lipinski definition) is 0. The van der Waals surface area contributed by atoms with Crippen LogP contribution >= 0.6 is 0 Å². The molecule has 0 saturated carbocycles. The SMILES string of the molecule is Cc1ccc(C=O)c(-c2cccc([N+](=O)[O-])c2)c1. The fraction of sp³-hybridized carbons (Fsp3) is 0.0714. The van der Waals surface area contributed by atoms with Gasteiger partial charge in [-0.2, -0.15) is 0 Å². The van der Waals surface area contributed by atoms with Gasteiger partial charge >= 0.3 is 0 Å². The molecule has 0 fully saturated rings. The topological polar surface area (TPSA) is 60.2 Å². The van der Waals surface area contributed by atoms with Crippen LogP contribution in [0.15, 0.2) is 42.5 Å². The third kappa shape index (κ3) is 2.27. The van der Waals surface area contributed by atoms with E-state index < -0.39 is 4.92 Å². The smallest absolute Gasteiger partial charge is 0.270 e. The molecule has 2 aromatic rings. The second-order valence-corrected chi connectivity index (χ2v) is 4.02. The fourth-order valence-electron chi connectivity index (χ4n) is 1.81. The van der Waals surface area contributed by atoms with Crippen LogP contribution < -0.4 is 0 Å². The van der Waals surface area contributed by atoms with Gasteiger partial charge in [0.2, 0.25) is 0 Å². The molecular weight excluding hydrogens is 230 g/mol. The van der Waals surface area contributed by atoms with Crippen LogP contribution in [0.2, 0.25) is 0 Å². The Labute approximate surface area is 104 Å². The third-order valence-corrected chi connectivity index (χ3v) is 2.70. The summed E-state index contributed by atoms with van der Waals surface area (Å²) in [6.45, 7) is 1.91. The highest BCUT2D eigenvalue weighted by Gasteiger charge is 2.10. The van der Waals surface area contributed by atoms with E-state index in [2.05, 4.69) is 0 Å². The minimum atomic E-state index is -0.445. The van der Waals surface area contributed by atoms with Gasteiger partial charge in [0, 0.05) is 17.7 Å². The summed E-state index contributed by atoms with van der Waals surface area (Å²) in [7, 11) is 0. The number of carbonyl (C=O) groups is 1. The lowest BCUT2D eigenvalue weighted by Crippen LogP contribution is -1.91. The van der Waals surface area contributed by atoms with Crippen molar-refractivity contribution in [3.05, 3.63) is 63.7 Å². The summed E-state index contributed by atoms with van der Waals surface area (Å²) in [5.41, 5.74) is 2.94. The molecule has 0 N–H and O–H groups in total. The van der Waals surface area contributed by atoms with Crippen molar-refractivity contribution in [3.8, 4) is 11.1 Å². The molecule has 2 rings (SSSR count). The highest BCUT2D eigenvalue weighted by Crippen LogP contribution is 2.27. The molecule has 90 valence electrons. The molecule has 0 aliphatic carbocycles. The summed E-state index contributed by atoms with van der Waals surface area (Å²) in [4.78, 5) is 21.3. The van der Waals surface area contributed by atoms with Crippen LogP contribution in [0, 0.1) is 17.0 Å². The zero-order valence-corrected chi connectivity index (χ0v) is 9.79. The summed E-state index contributed by atoms with van der Waals surface area (Å²) in [6.07, 6.45) is 0.758. The van der Waals surface area contributed by atoms with Gasteiger partial charge in [0.15, 0.2) is 6.29 Å². The van der Waals surface area contributed by atoms with Crippen LogP contribution in [0.25, 0.3) is 11.1 Å². The number of aryl methyl sites for hydroxylation is 1. The highest BCUT2D eigenvalue weighted by molar-refractivity contribution is 5.88. The van der Waals surface area contributed by atoms with E-state index >= 15 is 0 Å². The van der Waals surface area contributed by atoms with Crippen LogP contribution in [-0.2, 0) is 0 Å². The molecule has 0 unspecified atom stereocenters. The Bertz CT molecular complexity index is 620. The van der Waals surface area contributed by atoms with Gasteiger partial charge in [-0.3, -0.25) is 14.9 Å². The number of non-ortho nitro benzene ring substituents is 1. The minimum absolute atomic E-state index is 0.0193. The first-order valence-electron chi connectivity index (χ1n) is 5.42. The average molecular weight is 241 g/mol. The van der Waals surface area contributed by atoms with Crippen molar-refractivity contribution >= 4 is 12.0 Å². The van der Waals surface area contributed by atoms with Crippen LogP contribution in [-0.4, -0.2) is 11.2 Å². The summed E-state index contributed by atoms with van der Waals surface area (Å²) >= 11 is 0. The number of carbonyl (C=O) groups excluding carboxylic acids is 1. The monoisotopic (exact) mass is 241 g/mol. The summed E-state index contributed by atoms with van der Waals surface area (Å²) in [5.74, 6) is 0. The second kappa shape index (κ2) is 4.79. The van der Waals surface area contributed by atoms with Crippen molar-refractivity contribution < 1.29 is 9.72 Å². The van der Waals surface area contributed by atoms with Crippen molar-refractivity contribution in [3.63, 3.8) is 0 Å². The lowest BCUT2D eigenvalue weighted by molar-refractivity contribution is -0.384. The predicted octanol–water partition coefficient (Wildman–Crippen LogP) is 3.38. The summed E-state index contributed by atoms with van der Waals surface area (Å²) in [5, 5.41) is 10.7. The Balaban J connectivity index is 2.60. The van der Waals surface area contributed by atoms with Crippen LogP contribution in [0.4, 0.5) is 5.69 Å². The molecule has 4 heteroatoms. The molecule has 0 spiro atoms. The number of nitro groups is 1. The summed E-state index contributed by atoms with van der Waals surface area (Å²) < 4.78 is 0. The van der Waals surface area contributed by atoms with Crippen LogP contribution in [0.5, 0.6) is 0 Å². The van der Waals surface area contributed by atoms with Crippen molar-refractivity contribution in [1.82, 2.24) is 0 Å². The number of benzene rings is 2. The van der Waals surface area contributed by atoms with Crippen LogP contribution in [0.3, 0.4) is 0 Å². The zero-order chi connectivity index (χ0) is 13.1. The number of nitro benzene ring substituents is 1. The van der Waals surface area contributed by atoms with Gasteiger partial charge in [-0.1, -0.05) is 35.9 Å². The molecule has 0 saturated heterocycles. The molecule has 0 atom stereocenters. The molecule has 0 radical (unpaired) electrons. The van der Waals surface area contributed by atoms with E-state index in [-0.39, 0.29) is 5.69 Å². The van der Waals surface area contributed by atoms with E-state index in [0.29, 0.717) is 16.7 Å². The van der Waals surface area contributed by atoms with Gasteiger partial charge in [-0.15, -0.1) is 0 Å². The van der Waals surface area contributed by atoms with Gasteiger partial charge in [0.05, 0.1) is 4.92 Å². The van der Waals surface area contributed by atoms with Gasteiger partial charge in [0.25, 0.3) is 5.69 Å². The van der Waals surface area contributed by atoms with Crippen molar-refractivity contribution in [2.75, 3.05) is 0 Å². The number of rotatable bonds is 3. The maximum absolute atomic E-state index is 11.0. The molecule has 0 aromatic heterocycles. The highest BCUT2D eigenvalue weighted by atomic mass is 16.6. The van der Waals surface area contributed by atoms with Crippen molar-refractivity contribution in [1.29, 1.82) is 0 Å². The Morgan fingerprint density at radius 2 is 1.94 bits per heavy atom. The average Bonchev–Trinajstić information content (AvgIpc) is 2.39. The van der Waals surface area contributed by atoms with E-state index in [0.717, 1.165) is 11.8 Å². The van der Waals surface area contributed by atoms with E-state index in [9.17, 15) is 14.9 Å². The first kappa shape index (κ1) is 12.0. The lowest BCUT2D eigenvalue weighted by atomic mass is 9.98. The molecular formula is C14H11NO3. The number of hydrogen-bond acceptors (Lipinski definition) is 3. The van der Waals surface area contributed by atoms with Gasteiger partial charge in [0.1, 0.15) is 0 Å². The summed E-state index contributed by atoms with van der Waals surface area (Å²) in [6, 6.07) is 11.7. The minimum Gasteiger partial charge on any atom is -0.298 e. The van der Waals surface area contributed by atoms with E-state index in [1.165, 1.54) is 12.1 Å². The molecule has 0 amide bonds. The number of aldehydes is 1. The molecule has 2 aromatic carbocycles. The normalized spacial score (nSPS) is 10.1. The molecule has 4 nitrogen and oxygen atoms in total. The standard InChI is InChI=1S/C14H11NO3/c1-10-5-6-12(9-16)14(7-10)11-3-2-4-13(8-11)15(17)18/h2-9H,1H3. The predicted molar refractivity (Wildman–Crippen MR) is 68.7 cm³/mol. The van der Waals surface area contributed by atoms with Gasteiger partial charge < -0.3 is 0 Å². The maximum atomic E-state index is 11.0. The van der Waals surface area contributed by atoms with E-state index in [4.69, 9.17) is 0 Å². The molecule has 0 bridgehead atoms. The second-order valence-electron chi connectivity index (χ2n) is 4.02. The molecule has 0 aliphatic heterocycles. The molecule has 0 aliphatic rings. The number of nitrogens with zero attached hydrogens (tertiary/aromatic N) is 1. The maximum Gasteiger partial charge on any atom is 0.270 e. The van der Waals surface area contributed by atoms with Crippen molar-refractivity contribution in [2.45, 2.75) is 6.92 Å². The zero-order valence-electron chi connectivity index (χ0n) is 9.79. The Morgan fingerprint density at radius 1 is 1.17 bits per heavy atom. The van der Waals surface area contributed by atoms with Gasteiger partial charge in [-0.05, 0) is 18.1 Å². The van der Waals surface area contributed by atoms with Crippen LogP contribution in [0.1, 0.15) is 15.9 Å². The Kier molecular flexibility index (Phi) is 3.19. The molecule has 18 heavy (non-hydrogen) atoms. The Hall–Kier alpha value is -2.49. The quantitative estimate of drug-likeness (QED) is 0.470.